The summed E-state index contributed by atoms with van der Waals surface area (Å²) >= 11 is 6.94. The van der Waals surface area contributed by atoms with Gasteiger partial charge in [0.1, 0.15) is 0 Å². The number of carbonyl (C=O) groups is 2. The number of carbonyl (C=O) groups excluding carboxylic acids is 2. The lowest BCUT2D eigenvalue weighted by Gasteiger charge is -2.33. The van der Waals surface area contributed by atoms with Crippen LogP contribution in [0.4, 0.5) is 11.4 Å². The van der Waals surface area contributed by atoms with Gasteiger partial charge in [0.2, 0.25) is 0 Å². The van der Waals surface area contributed by atoms with Crippen molar-refractivity contribution in [3.05, 3.63) is 55.5 Å². The summed E-state index contributed by atoms with van der Waals surface area (Å²) in [6.07, 6.45) is 1.75. The Morgan fingerprint density at radius 3 is 1.54 bits per heavy atom. The maximum absolute atomic E-state index is 12.1. The minimum atomic E-state index is -0.375. The molecule has 8 heteroatoms. The van der Waals surface area contributed by atoms with Gasteiger partial charge in [-0.1, -0.05) is 0 Å². The second kappa shape index (κ2) is 7.40. The number of ether oxygens (including phenoxy) is 2. The first kappa shape index (κ1) is 19.3. The Bertz CT molecular complexity index is 913. The number of rotatable bonds is 3. The fourth-order valence-electron chi connectivity index (χ4n) is 3.81. The molecule has 28 heavy (non-hydrogen) atoms. The number of anilines is 2. The highest BCUT2D eigenvalue weighted by Crippen LogP contribution is 2.40. The van der Waals surface area contributed by atoms with Crippen LogP contribution in [0.15, 0.2) is 33.2 Å². The van der Waals surface area contributed by atoms with E-state index in [1.54, 1.807) is 0 Å². The zero-order valence-corrected chi connectivity index (χ0v) is 18.6. The average molecular weight is 510 g/mol. The molecule has 2 heterocycles. The van der Waals surface area contributed by atoms with Crippen LogP contribution in [-0.2, 0) is 22.3 Å². The van der Waals surface area contributed by atoms with Gasteiger partial charge in [-0.15, -0.1) is 0 Å². The number of fused-ring (bicyclic) bond motifs is 2. The zero-order chi connectivity index (χ0) is 20.0. The molecule has 4 rings (SSSR count). The lowest BCUT2D eigenvalue weighted by molar-refractivity contribution is 0.0591. The smallest absolute Gasteiger partial charge is 0.339 e. The van der Waals surface area contributed by atoms with Crippen molar-refractivity contribution in [1.29, 1.82) is 0 Å². The van der Waals surface area contributed by atoms with E-state index >= 15 is 0 Å². The molecule has 0 saturated carbocycles. The van der Waals surface area contributed by atoms with Crippen molar-refractivity contribution in [2.75, 3.05) is 37.3 Å². The first-order valence-electron chi connectivity index (χ1n) is 8.81. The maximum atomic E-state index is 12.1. The fourth-order valence-corrected chi connectivity index (χ4v) is 4.92. The monoisotopic (exact) mass is 508 g/mol. The van der Waals surface area contributed by atoms with Crippen LogP contribution < -0.4 is 10.0 Å². The average Bonchev–Trinajstić information content (AvgIpc) is 3.28. The molecule has 2 aliphatic rings. The molecule has 2 aromatic carbocycles. The molecule has 0 aromatic heterocycles. The van der Waals surface area contributed by atoms with E-state index in [1.807, 2.05) is 24.3 Å². The van der Waals surface area contributed by atoms with Crippen molar-refractivity contribution in [3.63, 3.8) is 0 Å². The molecule has 0 aliphatic carbocycles. The largest absolute Gasteiger partial charge is 0.465 e. The first-order valence-corrected chi connectivity index (χ1v) is 10.4. The maximum Gasteiger partial charge on any atom is 0.339 e. The highest BCUT2D eigenvalue weighted by molar-refractivity contribution is 9.10. The summed E-state index contributed by atoms with van der Waals surface area (Å²) in [4.78, 5) is 24.2. The highest BCUT2D eigenvalue weighted by atomic mass is 79.9. The van der Waals surface area contributed by atoms with E-state index in [4.69, 9.17) is 9.47 Å². The van der Waals surface area contributed by atoms with Crippen molar-refractivity contribution in [1.82, 2.24) is 0 Å². The van der Waals surface area contributed by atoms with Crippen molar-refractivity contribution < 1.29 is 19.1 Å². The number of hydrazine groups is 1. The van der Waals surface area contributed by atoms with Crippen LogP contribution in [0.5, 0.6) is 0 Å². The van der Waals surface area contributed by atoms with Gasteiger partial charge in [-0.3, -0.25) is 10.0 Å². The van der Waals surface area contributed by atoms with E-state index in [2.05, 4.69) is 41.9 Å². The van der Waals surface area contributed by atoms with Crippen LogP contribution in [0.1, 0.15) is 31.8 Å². The molecule has 0 saturated heterocycles. The molecule has 0 fully saturated rings. The summed E-state index contributed by atoms with van der Waals surface area (Å²) in [5, 5.41) is 4.35. The SMILES string of the molecule is COC(=O)c1cc2c(cc1Br)CCN2N1CCc2cc(Br)c(C(=O)OC)cc21. The lowest BCUT2D eigenvalue weighted by Crippen LogP contribution is -2.40. The predicted molar refractivity (Wildman–Crippen MR) is 113 cm³/mol. The second-order valence-electron chi connectivity index (χ2n) is 6.65. The van der Waals surface area contributed by atoms with E-state index in [1.165, 1.54) is 25.3 Å². The highest BCUT2D eigenvalue weighted by Gasteiger charge is 2.32. The zero-order valence-electron chi connectivity index (χ0n) is 15.4. The van der Waals surface area contributed by atoms with Gasteiger partial charge >= 0.3 is 11.9 Å². The normalized spacial score (nSPS) is 14.7. The predicted octanol–water partition coefficient (Wildman–Crippen LogP) is 4.13. The fraction of sp³-hybridized carbons (Fsp3) is 0.300. The molecular formula is C20H18Br2N2O4. The molecule has 2 aromatic rings. The van der Waals surface area contributed by atoms with E-state index in [9.17, 15) is 9.59 Å². The van der Waals surface area contributed by atoms with Crippen molar-refractivity contribution in [2.45, 2.75) is 12.8 Å². The van der Waals surface area contributed by atoms with Crippen LogP contribution in [0.2, 0.25) is 0 Å². The van der Waals surface area contributed by atoms with Crippen LogP contribution in [-0.4, -0.2) is 39.2 Å². The third kappa shape index (κ3) is 3.08. The van der Waals surface area contributed by atoms with Crippen molar-refractivity contribution in [3.8, 4) is 0 Å². The van der Waals surface area contributed by atoms with Crippen molar-refractivity contribution >= 4 is 55.2 Å². The van der Waals surface area contributed by atoms with Gasteiger partial charge in [-0.2, -0.15) is 0 Å². The molecule has 0 radical (unpaired) electrons. The number of benzene rings is 2. The number of hydrogen-bond acceptors (Lipinski definition) is 6. The molecular weight excluding hydrogens is 492 g/mol. The Morgan fingerprint density at radius 2 is 1.18 bits per heavy atom. The minimum Gasteiger partial charge on any atom is -0.465 e. The van der Waals surface area contributed by atoms with Gasteiger partial charge < -0.3 is 9.47 Å². The third-order valence-electron chi connectivity index (χ3n) is 5.18. The molecule has 6 nitrogen and oxygen atoms in total. The summed E-state index contributed by atoms with van der Waals surface area (Å²) in [6.45, 7) is 1.60. The van der Waals surface area contributed by atoms with Crippen LogP contribution in [0.3, 0.4) is 0 Å². The van der Waals surface area contributed by atoms with Gasteiger partial charge in [0.25, 0.3) is 0 Å². The molecule has 0 bridgehead atoms. The van der Waals surface area contributed by atoms with Crippen LogP contribution in [0.25, 0.3) is 0 Å². The molecule has 146 valence electrons. The van der Waals surface area contributed by atoms with E-state index < -0.39 is 0 Å². The Kier molecular flexibility index (Phi) is 5.09. The molecule has 0 unspecified atom stereocenters. The molecule has 2 aliphatic heterocycles. The summed E-state index contributed by atoms with van der Waals surface area (Å²) < 4.78 is 11.3. The van der Waals surface area contributed by atoms with E-state index in [-0.39, 0.29) is 11.9 Å². The summed E-state index contributed by atoms with van der Waals surface area (Å²) in [5.74, 6) is -0.750. The Morgan fingerprint density at radius 1 is 0.786 bits per heavy atom. The number of methoxy groups -OCH3 is 2. The molecule has 0 amide bonds. The molecule has 0 N–H and O–H groups in total. The van der Waals surface area contributed by atoms with E-state index in [0.717, 1.165) is 46.3 Å². The molecule has 0 spiro atoms. The standard InChI is InChI=1S/C20H18Br2N2O4/c1-27-19(25)13-9-17-11(7-15(13)21)3-5-23(17)24-6-4-12-8-16(22)14(10-18(12)24)20(26)28-2/h7-10H,3-6H2,1-2H3. The topological polar surface area (TPSA) is 59.1 Å². The second-order valence-corrected chi connectivity index (χ2v) is 8.36. The van der Waals surface area contributed by atoms with Gasteiger partial charge in [-0.25, -0.2) is 9.59 Å². The number of halogens is 2. The Labute approximate surface area is 179 Å². The van der Waals surface area contributed by atoms with Gasteiger partial charge in [0, 0.05) is 22.0 Å². The molecule has 0 atom stereocenters. The summed E-state index contributed by atoms with van der Waals surface area (Å²) in [5.41, 5.74) is 5.30. The van der Waals surface area contributed by atoms with Crippen molar-refractivity contribution in [2.24, 2.45) is 0 Å². The number of nitrogens with zero attached hydrogens (tertiary/aromatic N) is 2. The number of esters is 2. The Hall–Kier alpha value is -2.06. The summed E-state index contributed by atoms with van der Waals surface area (Å²) in [6, 6.07) is 7.71. The van der Waals surface area contributed by atoms with E-state index in [0.29, 0.717) is 11.1 Å². The third-order valence-corrected chi connectivity index (χ3v) is 6.49. The quantitative estimate of drug-likeness (QED) is 0.580. The van der Waals surface area contributed by atoms with Gasteiger partial charge in [0.05, 0.1) is 36.7 Å². The minimum absolute atomic E-state index is 0.375. The lowest BCUT2D eigenvalue weighted by atomic mass is 10.1. The first-order chi connectivity index (χ1) is 13.4. The van der Waals surface area contributed by atoms with Crippen LogP contribution in [0, 0.1) is 0 Å². The van der Waals surface area contributed by atoms with Crippen LogP contribution >= 0.6 is 31.9 Å². The van der Waals surface area contributed by atoms with Gasteiger partial charge in [0.15, 0.2) is 0 Å². The number of hydrogen-bond donors (Lipinski definition) is 0. The Balaban J connectivity index is 1.75. The summed E-state index contributed by atoms with van der Waals surface area (Å²) in [7, 11) is 2.76. The van der Waals surface area contributed by atoms with Gasteiger partial charge in [-0.05, 0) is 80.1 Å².